The van der Waals surface area contributed by atoms with Gasteiger partial charge in [0.15, 0.2) is 17.7 Å². The number of anilines is 1. The van der Waals surface area contributed by atoms with Crippen molar-refractivity contribution in [1.82, 2.24) is 0 Å². The second kappa shape index (κ2) is 8.19. The summed E-state index contributed by atoms with van der Waals surface area (Å²) in [5.41, 5.74) is 1.95. The van der Waals surface area contributed by atoms with Gasteiger partial charge in [0.25, 0.3) is 5.91 Å². The molecule has 0 aliphatic rings. The summed E-state index contributed by atoms with van der Waals surface area (Å²) < 4.78 is 30.9. The Labute approximate surface area is 144 Å². The molecule has 0 heterocycles. The molecule has 0 aliphatic carbocycles. The summed E-state index contributed by atoms with van der Waals surface area (Å²) >= 11 is 0. The van der Waals surface area contributed by atoms with Crippen LogP contribution in [-0.4, -0.2) is 18.0 Å². The SMILES string of the molecule is Cc1cccc(/C=C/C(=O)O[C@@H](C)C(=O)Nc2ccc(F)c(F)c2)c1. The first-order valence-electron chi connectivity index (χ1n) is 7.56. The van der Waals surface area contributed by atoms with Crippen LogP contribution in [0.15, 0.2) is 48.5 Å². The summed E-state index contributed by atoms with van der Waals surface area (Å²) in [7, 11) is 0. The Morgan fingerprint density at radius 3 is 2.56 bits per heavy atom. The number of rotatable bonds is 5. The number of hydrogen-bond donors (Lipinski definition) is 1. The van der Waals surface area contributed by atoms with Crippen LogP contribution in [0.25, 0.3) is 6.08 Å². The molecular weight excluding hydrogens is 328 g/mol. The largest absolute Gasteiger partial charge is 0.449 e. The van der Waals surface area contributed by atoms with Crippen molar-refractivity contribution in [2.75, 3.05) is 5.32 Å². The molecule has 1 N–H and O–H groups in total. The molecule has 1 amide bonds. The predicted octanol–water partition coefficient (Wildman–Crippen LogP) is 3.86. The van der Waals surface area contributed by atoms with E-state index in [1.807, 2.05) is 31.2 Å². The number of carbonyl (C=O) groups is 2. The molecule has 0 fully saturated rings. The molecule has 0 radical (unpaired) electrons. The molecular formula is C19H17F2NO3. The fourth-order valence-electron chi connectivity index (χ4n) is 2.02. The lowest BCUT2D eigenvalue weighted by molar-refractivity contribution is -0.148. The van der Waals surface area contributed by atoms with Crippen LogP contribution >= 0.6 is 0 Å². The monoisotopic (exact) mass is 345 g/mol. The maximum atomic E-state index is 13.1. The van der Waals surface area contributed by atoms with E-state index in [1.54, 1.807) is 6.08 Å². The second-order valence-electron chi connectivity index (χ2n) is 5.44. The molecule has 0 spiro atoms. The zero-order chi connectivity index (χ0) is 18.4. The molecule has 0 saturated carbocycles. The van der Waals surface area contributed by atoms with E-state index in [9.17, 15) is 18.4 Å². The number of ether oxygens (including phenoxy) is 1. The molecule has 0 saturated heterocycles. The number of esters is 1. The smallest absolute Gasteiger partial charge is 0.331 e. The first-order chi connectivity index (χ1) is 11.8. The molecule has 2 aromatic rings. The van der Waals surface area contributed by atoms with Crippen molar-refractivity contribution < 1.29 is 23.1 Å². The molecule has 6 heteroatoms. The molecule has 0 unspecified atom stereocenters. The first-order valence-corrected chi connectivity index (χ1v) is 7.56. The Hall–Kier alpha value is -3.02. The number of halogens is 2. The van der Waals surface area contributed by atoms with Crippen LogP contribution in [0.2, 0.25) is 0 Å². The Balaban J connectivity index is 1.91. The third-order valence-electron chi connectivity index (χ3n) is 3.30. The van der Waals surface area contributed by atoms with E-state index in [-0.39, 0.29) is 5.69 Å². The highest BCUT2D eigenvalue weighted by Crippen LogP contribution is 2.14. The third kappa shape index (κ3) is 5.53. The van der Waals surface area contributed by atoms with Crippen LogP contribution in [0.3, 0.4) is 0 Å². The zero-order valence-electron chi connectivity index (χ0n) is 13.8. The molecule has 2 rings (SSSR count). The summed E-state index contributed by atoms with van der Waals surface area (Å²) in [5, 5.41) is 2.35. The van der Waals surface area contributed by atoms with Crippen LogP contribution in [0.4, 0.5) is 14.5 Å². The van der Waals surface area contributed by atoms with Gasteiger partial charge in [-0.05, 0) is 37.6 Å². The van der Waals surface area contributed by atoms with Crippen molar-refractivity contribution >= 4 is 23.6 Å². The van der Waals surface area contributed by atoms with Crippen LogP contribution in [0.5, 0.6) is 0 Å². The molecule has 25 heavy (non-hydrogen) atoms. The normalized spacial score (nSPS) is 12.0. The van der Waals surface area contributed by atoms with Gasteiger partial charge in [-0.25, -0.2) is 13.6 Å². The lowest BCUT2D eigenvalue weighted by Crippen LogP contribution is -2.29. The maximum absolute atomic E-state index is 13.1. The predicted molar refractivity (Wildman–Crippen MR) is 90.8 cm³/mol. The molecule has 0 bridgehead atoms. The fraction of sp³-hybridized carbons (Fsp3) is 0.158. The van der Waals surface area contributed by atoms with Crippen molar-refractivity contribution in [1.29, 1.82) is 0 Å². The van der Waals surface area contributed by atoms with Crippen LogP contribution < -0.4 is 5.32 Å². The average Bonchev–Trinajstić information content (AvgIpc) is 2.56. The highest BCUT2D eigenvalue weighted by molar-refractivity contribution is 5.96. The molecule has 1 atom stereocenters. The molecule has 4 nitrogen and oxygen atoms in total. The van der Waals surface area contributed by atoms with Gasteiger partial charge in [-0.2, -0.15) is 0 Å². The van der Waals surface area contributed by atoms with Crippen LogP contribution in [0.1, 0.15) is 18.1 Å². The van der Waals surface area contributed by atoms with Gasteiger partial charge < -0.3 is 10.1 Å². The minimum Gasteiger partial charge on any atom is -0.449 e. The number of carbonyl (C=O) groups excluding carboxylic acids is 2. The van der Waals surface area contributed by atoms with E-state index >= 15 is 0 Å². The Bertz CT molecular complexity index is 818. The van der Waals surface area contributed by atoms with E-state index in [2.05, 4.69) is 5.32 Å². The van der Waals surface area contributed by atoms with Gasteiger partial charge >= 0.3 is 5.97 Å². The molecule has 0 aliphatic heterocycles. The van der Waals surface area contributed by atoms with Crippen molar-refractivity contribution in [3.63, 3.8) is 0 Å². The van der Waals surface area contributed by atoms with Gasteiger partial charge in [0.1, 0.15) is 0 Å². The average molecular weight is 345 g/mol. The van der Waals surface area contributed by atoms with Crippen molar-refractivity contribution in [3.8, 4) is 0 Å². The van der Waals surface area contributed by atoms with Crippen molar-refractivity contribution in [2.45, 2.75) is 20.0 Å². The van der Waals surface area contributed by atoms with E-state index in [0.717, 1.165) is 23.3 Å². The lowest BCUT2D eigenvalue weighted by atomic mass is 10.1. The van der Waals surface area contributed by atoms with Gasteiger partial charge in [0, 0.05) is 17.8 Å². The molecule has 130 valence electrons. The van der Waals surface area contributed by atoms with E-state index in [4.69, 9.17) is 4.74 Å². The number of aryl methyl sites for hydroxylation is 1. The molecule has 0 aromatic heterocycles. The van der Waals surface area contributed by atoms with Gasteiger partial charge in [-0.1, -0.05) is 29.8 Å². The highest BCUT2D eigenvalue weighted by Gasteiger charge is 2.17. The highest BCUT2D eigenvalue weighted by atomic mass is 19.2. The Morgan fingerprint density at radius 2 is 1.88 bits per heavy atom. The third-order valence-corrected chi connectivity index (χ3v) is 3.30. The quantitative estimate of drug-likeness (QED) is 0.661. The van der Waals surface area contributed by atoms with Gasteiger partial charge in [0.2, 0.25) is 0 Å². The number of nitrogens with one attached hydrogen (secondary N) is 1. The standard InChI is InChI=1S/C19H17F2NO3/c1-12-4-3-5-14(10-12)6-9-18(23)25-13(2)19(24)22-15-7-8-16(20)17(21)11-15/h3-11,13H,1-2H3,(H,22,24)/b9-6+/t13-/m0/s1. The minimum absolute atomic E-state index is 0.0714. The summed E-state index contributed by atoms with van der Waals surface area (Å²) in [6, 6.07) is 10.5. The summed E-state index contributed by atoms with van der Waals surface area (Å²) in [6.07, 6.45) is 1.70. The second-order valence-corrected chi connectivity index (χ2v) is 5.44. The maximum Gasteiger partial charge on any atom is 0.331 e. The first kappa shape index (κ1) is 18.3. The topological polar surface area (TPSA) is 55.4 Å². The van der Waals surface area contributed by atoms with Crippen molar-refractivity contribution in [3.05, 3.63) is 71.3 Å². The number of amides is 1. The van der Waals surface area contributed by atoms with E-state index < -0.39 is 29.6 Å². The van der Waals surface area contributed by atoms with E-state index in [0.29, 0.717) is 0 Å². The van der Waals surface area contributed by atoms with Gasteiger partial charge in [0.05, 0.1) is 0 Å². The summed E-state index contributed by atoms with van der Waals surface area (Å²) in [4.78, 5) is 23.7. The summed E-state index contributed by atoms with van der Waals surface area (Å²) in [6.45, 7) is 3.31. The zero-order valence-corrected chi connectivity index (χ0v) is 13.8. The van der Waals surface area contributed by atoms with Gasteiger partial charge in [-0.15, -0.1) is 0 Å². The van der Waals surface area contributed by atoms with Gasteiger partial charge in [-0.3, -0.25) is 4.79 Å². The van der Waals surface area contributed by atoms with Crippen LogP contribution in [0, 0.1) is 18.6 Å². The molecule has 2 aromatic carbocycles. The van der Waals surface area contributed by atoms with Crippen molar-refractivity contribution in [2.24, 2.45) is 0 Å². The summed E-state index contributed by atoms with van der Waals surface area (Å²) in [5.74, 6) is -3.43. The van der Waals surface area contributed by atoms with E-state index in [1.165, 1.54) is 19.1 Å². The number of hydrogen-bond acceptors (Lipinski definition) is 3. The minimum atomic E-state index is -1.09. The Kier molecular flexibility index (Phi) is 6.00. The van der Waals surface area contributed by atoms with Crippen LogP contribution in [-0.2, 0) is 14.3 Å². The lowest BCUT2D eigenvalue weighted by Gasteiger charge is -2.12. The number of benzene rings is 2. The Morgan fingerprint density at radius 1 is 1.12 bits per heavy atom. The fourth-order valence-corrected chi connectivity index (χ4v) is 2.02.